The van der Waals surface area contributed by atoms with Gasteiger partial charge in [0.25, 0.3) is 0 Å². The van der Waals surface area contributed by atoms with E-state index in [1.807, 2.05) is 30.3 Å². The Morgan fingerprint density at radius 3 is 2.61 bits per heavy atom. The summed E-state index contributed by atoms with van der Waals surface area (Å²) >= 11 is 0. The van der Waals surface area contributed by atoms with E-state index in [0.717, 1.165) is 18.4 Å². The fourth-order valence-electron chi connectivity index (χ4n) is 1.58. The lowest BCUT2D eigenvalue weighted by Crippen LogP contribution is -2.13. The monoisotopic (exact) mass is 250 g/mol. The van der Waals surface area contributed by atoms with Gasteiger partial charge in [0.05, 0.1) is 13.2 Å². The molecule has 0 atom stereocenters. The lowest BCUT2D eigenvalue weighted by atomic mass is 10.2. The maximum Gasteiger partial charge on any atom is 0.332 e. The zero-order valence-corrected chi connectivity index (χ0v) is 11.1. The summed E-state index contributed by atoms with van der Waals surface area (Å²) in [6.07, 6.45) is 4.45. The highest BCUT2D eigenvalue weighted by Gasteiger charge is 2.02. The van der Waals surface area contributed by atoms with Crippen molar-refractivity contribution >= 4 is 5.97 Å². The number of unbranched alkanes of at least 4 members (excludes halogenated alkanes) is 3. The van der Waals surface area contributed by atoms with Crippen molar-refractivity contribution in [3.63, 3.8) is 0 Å². The maximum atomic E-state index is 11.3. The van der Waals surface area contributed by atoms with Gasteiger partial charge in [0.1, 0.15) is 6.61 Å². The number of carbonyl (C=O) groups is 1. The summed E-state index contributed by atoms with van der Waals surface area (Å²) in [6, 6.07) is 9.79. The van der Waals surface area contributed by atoms with Crippen LogP contribution < -0.4 is 0 Å². The van der Waals surface area contributed by atoms with Crippen LogP contribution in [-0.2, 0) is 20.9 Å². The van der Waals surface area contributed by atoms with Gasteiger partial charge in [0, 0.05) is 0 Å². The number of ether oxygens (including phenoxy) is 2. The van der Waals surface area contributed by atoms with E-state index in [1.54, 1.807) is 0 Å². The van der Waals surface area contributed by atoms with Crippen LogP contribution in [0.25, 0.3) is 0 Å². The van der Waals surface area contributed by atoms with E-state index < -0.39 is 0 Å². The van der Waals surface area contributed by atoms with Gasteiger partial charge in [-0.3, -0.25) is 0 Å². The predicted molar refractivity (Wildman–Crippen MR) is 71.2 cm³/mol. The van der Waals surface area contributed by atoms with Crippen LogP contribution >= 0.6 is 0 Å². The van der Waals surface area contributed by atoms with Crippen molar-refractivity contribution in [3.8, 4) is 0 Å². The average molecular weight is 250 g/mol. The van der Waals surface area contributed by atoms with Crippen molar-refractivity contribution in [2.75, 3.05) is 13.2 Å². The van der Waals surface area contributed by atoms with Gasteiger partial charge >= 0.3 is 5.97 Å². The number of benzene rings is 1. The molecule has 3 heteroatoms. The predicted octanol–water partition coefficient (Wildman–Crippen LogP) is 3.33. The molecular formula is C15H22O3. The van der Waals surface area contributed by atoms with Crippen LogP contribution in [0.4, 0.5) is 0 Å². The molecule has 1 aromatic carbocycles. The zero-order chi connectivity index (χ0) is 13.1. The molecule has 0 fully saturated rings. The molecule has 0 heterocycles. The van der Waals surface area contributed by atoms with Crippen LogP contribution in [0.3, 0.4) is 0 Å². The van der Waals surface area contributed by atoms with Gasteiger partial charge in [-0.1, -0.05) is 56.5 Å². The van der Waals surface area contributed by atoms with Crippen molar-refractivity contribution in [2.45, 2.75) is 39.2 Å². The van der Waals surface area contributed by atoms with Gasteiger partial charge in [-0.15, -0.1) is 0 Å². The molecule has 0 amide bonds. The minimum atomic E-state index is -0.276. The second-order valence-electron chi connectivity index (χ2n) is 4.26. The fourth-order valence-corrected chi connectivity index (χ4v) is 1.58. The molecule has 0 unspecified atom stereocenters. The van der Waals surface area contributed by atoms with Gasteiger partial charge in [0.2, 0.25) is 0 Å². The zero-order valence-electron chi connectivity index (χ0n) is 11.1. The fraction of sp³-hybridized carbons (Fsp3) is 0.533. The van der Waals surface area contributed by atoms with Gasteiger partial charge in [-0.25, -0.2) is 4.79 Å². The second kappa shape index (κ2) is 9.66. The summed E-state index contributed by atoms with van der Waals surface area (Å²) in [5.74, 6) is -0.276. The normalized spacial score (nSPS) is 10.3. The average Bonchev–Trinajstić information content (AvgIpc) is 2.40. The Kier molecular flexibility index (Phi) is 7.89. The topological polar surface area (TPSA) is 35.5 Å². The molecule has 1 rings (SSSR count). The number of esters is 1. The smallest absolute Gasteiger partial charge is 0.332 e. The first-order chi connectivity index (χ1) is 8.83. The molecule has 0 aromatic heterocycles. The Balaban J connectivity index is 2.00. The molecule has 100 valence electrons. The molecule has 18 heavy (non-hydrogen) atoms. The summed E-state index contributed by atoms with van der Waals surface area (Å²) in [5, 5.41) is 0. The van der Waals surface area contributed by atoms with E-state index in [9.17, 15) is 4.79 Å². The van der Waals surface area contributed by atoms with E-state index in [-0.39, 0.29) is 12.6 Å². The molecule has 3 nitrogen and oxygen atoms in total. The van der Waals surface area contributed by atoms with Gasteiger partial charge in [-0.05, 0) is 12.0 Å². The molecule has 0 bridgehead atoms. The number of hydrogen-bond donors (Lipinski definition) is 0. The third kappa shape index (κ3) is 7.07. The Hall–Kier alpha value is -1.35. The highest BCUT2D eigenvalue weighted by Crippen LogP contribution is 2.01. The number of hydrogen-bond acceptors (Lipinski definition) is 3. The van der Waals surface area contributed by atoms with Crippen LogP contribution in [0.2, 0.25) is 0 Å². The standard InChI is InChI=1S/C15H22O3/c1-2-3-4-8-11-18-15(16)13-17-12-14-9-6-5-7-10-14/h5-7,9-10H,2-4,8,11-13H2,1H3. The summed E-state index contributed by atoms with van der Waals surface area (Å²) in [6.45, 7) is 3.14. The Morgan fingerprint density at radius 2 is 1.89 bits per heavy atom. The van der Waals surface area contributed by atoms with Gasteiger partial charge in [0.15, 0.2) is 0 Å². The van der Waals surface area contributed by atoms with Crippen LogP contribution in [0, 0.1) is 0 Å². The van der Waals surface area contributed by atoms with E-state index >= 15 is 0 Å². The SMILES string of the molecule is CCCCCCOC(=O)COCc1ccccc1. The van der Waals surface area contributed by atoms with Crippen molar-refractivity contribution in [1.29, 1.82) is 0 Å². The third-order valence-electron chi connectivity index (χ3n) is 2.59. The summed E-state index contributed by atoms with van der Waals surface area (Å²) in [4.78, 5) is 11.3. The molecule has 0 spiro atoms. The highest BCUT2D eigenvalue weighted by molar-refractivity contribution is 5.70. The molecule has 0 saturated carbocycles. The molecule has 0 radical (unpaired) electrons. The minimum Gasteiger partial charge on any atom is -0.464 e. The number of rotatable bonds is 9. The summed E-state index contributed by atoms with van der Waals surface area (Å²) in [7, 11) is 0. The Morgan fingerprint density at radius 1 is 1.11 bits per heavy atom. The van der Waals surface area contributed by atoms with Gasteiger partial charge < -0.3 is 9.47 Å². The number of carbonyl (C=O) groups excluding carboxylic acids is 1. The van der Waals surface area contributed by atoms with Crippen LogP contribution in [0.1, 0.15) is 38.2 Å². The van der Waals surface area contributed by atoms with Crippen molar-refractivity contribution < 1.29 is 14.3 Å². The molecular weight excluding hydrogens is 228 g/mol. The largest absolute Gasteiger partial charge is 0.464 e. The first kappa shape index (κ1) is 14.7. The molecule has 1 aromatic rings. The van der Waals surface area contributed by atoms with E-state index in [0.29, 0.717) is 13.2 Å². The van der Waals surface area contributed by atoms with Crippen molar-refractivity contribution in [2.24, 2.45) is 0 Å². The second-order valence-corrected chi connectivity index (χ2v) is 4.26. The molecule has 0 saturated heterocycles. The van der Waals surface area contributed by atoms with Crippen LogP contribution in [-0.4, -0.2) is 19.2 Å². The highest BCUT2D eigenvalue weighted by atomic mass is 16.6. The quantitative estimate of drug-likeness (QED) is 0.498. The van der Waals surface area contributed by atoms with Crippen LogP contribution in [0.5, 0.6) is 0 Å². The Bertz CT molecular complexity index is 322. The summed E-state index contributed by atoms with van der Waals surface area (Å²) < 4.78 is 10.3. The van der Waals surface area contributed by atoms with Gasteiger partial charge in [-0.2, -0.15) is 0 Å². The first-order valence-corrected chi connectivity index (χ1v) is 6.60. The molecule has 0 aliphatic carbocycles. The van der Waals surface area contributed by atoms with Crippen molar-refractivity contribution in [3.05, 3.63) is 35.9 Å². The third-order valence-corrected chi connectivity index (χ3v) is 2.59. The van der Waals surface area contributed by atoms with Crippen molar-refractivity contribution in [1.82, 2.24) is 0 Å². The maximum absolute atomic E-state index is 11.3. The minimum absolute atomic E-state index is 0.0304. The van der Waals surface area contributed by atoms with Crippen LogP contribution in [0.15, 0.2) is 30.3 Å². The molecule has 0 aliphatic heterocycles. The Labute approximate surface area is 109 Å². The lowest BCUT2D eigenvalue weighted by Gasteiger charge is -2.05. The molecule has 0 aliphatic rings. The van der Waals surface area contributed by atoms with E-state index in [2.05, 4.69) is 6.92 Å². The summed E-state index contributed by atoms with van der Waals surface area (Å²) in [5.41, 5.74) is 1.06. The van der Waals surface area contributed by atoms with E-state index in [1.165, 1.54) is 12.8 Å². The first-order valence-electron chi connectivity index (χ1n) is 6.60. The van der Waals surface area contributed by atoms with E-state index in [4.69, 9.17) is 9.47 Å². The molecule has 0 N–H and O–H groups in total. The lowest BCUT2D eigenvalue weighted by molar-refractivity contribution is -0.149.